The van der Waals surface area contributed by atoms with Crippen LogP contribution in [0.1, 0.15) is 30.4 Å². The minimum Gasteiger partial charge on any atom is -0.339 e. The number of pyridine rings is 1. The molecule has 0 bridgehead atoms. The Labute approximate surface area is 159 Å². The van der Waals surface area contributed by atoms with Crippen LogP contribution in [0.4, 0.5) is 0 Å². The molecule has 0 radical (unpaired) electrons. The largest absolute Gasteiger partial charge is 0.339 e. The van der Waals surface area contributed by atoms with Crippen LogP contribution in [0.15, 0.2) is 48.8 Å². The summed E-state index contributed by atoms with van der Waals surface area (Å²) in [6.45, 7) is 4.35. The molecule has 0 spiro atoms. The molecule has 1 aliphatic carbocycles. The number of aromatic nitrogens is 1. The minimum atomic E-state index is -0.349. The molecule has 0 N–H and O–H groups in total. The van der Waals surface area contributed by atoms with Gasteiger partial charge in [-0.05, 0) is 48.2 Å². The molecule has 2 aliphatic rings. The van der Waals surface area contributed by atoms with Gasteiger partial charge in [0.2, 0.25) is 5.91 Å². The van der Waals surface area contributed by atoms with Crippen LogP contribution in [0.2, 0.25) is 5.02 Å². The second-order valence-electron chi connectivity index (χ2n) is 7.37. The lowest BCUT2D eigenvalue weighted by Gasteiger charge is -2.46. The van der Waals surface area contributed by atoms with E-state index in [0.29, 0.717) is 5.02 Å². The lowest BCUT2D eigenvalue weighted by molar-refractivity contribution is -0.142. The summed E-state index contributed by atoms with van der Waals surface area (Å²) in [6.07, 6.45) is 6.65. The first-order valence-corrected chi connectivity index (χ1v) is 9.72. The van der Waals surface area contributed by atoms with E-state index in [2.05, 4.69) is 33.0 Å². The van der Waals surface area contributed by atoms with E-state index < -0.39 is 0 Å². The van der Waals surface area contributed by atoms with Gasteiger partial charge < -0.3 is 4.90 Å². The molecule has 5 heteroatoms. The molecule has 0 unspecified atom stereocenters. The third-order valence-corrected chi connectivity index (χ3v) is 6.04. The molecular formula is C21H24ClN3O. The van der Waals surface area contributed by atoms with E-state index >= 15 is 0 Å². The van der Waals surface area contributed by atoms with Gasteiger partial charge in [0.1, 0.15) is 0 Å². The third kappa shape index (κ3) is 3.36. The van der Waals surface area contributed by atoms with Crippen molar-refractivity contribution in [1.82, 2.24) is 14.8 Å². The maximum atomic E-state index is 13.3. The number of piperazine rings is 1. The maximum absolute atomic E-state index is 13.3. The van der Waals surface area contributed by atoms with Crippen molar-refractivity contribution in [3.8, 4) is 0 Å². The highest BCUT2D eigenvalue weighted by Crippen LogP contribution is 2.45. The first kappa shape index (κ1) is 17.5. The number of benzene rings is 1. The molecule has 1 aliphatic heterocycles. The number of hydrogen-bond donors (Lipinski definition) is 0. The fourth-order valence-corrected chi connectivity index (χ4v) is 4.29. The Morgan fingerprint density at radius 2 is 1.81 bits per heavy atom. The summed E-state index contributed by atoms with van der Waals surface area (Å²) >= 11 is 6.18. The molecule has 2 heterocycles. The second-order valence-corrected chi connectivity index (χ2v) is 7.81. The quantitative estimate of drug-likeness (QED) is 0.827. The normalized spacial score (nSPS) is 19.8. The van der Waals surface area contributed by atoms with Gasteiger partial charge in [-0.15, -0.1) is 0 Å². The lowest BCUT2D eigenvalue weighted by atomic mass is 9.63. The van der Waals surface area contributed by atoms with Crippen LogP contribution in [-0.4, -0.2) is 46.9 Å². The number of hydrogen-bond acceptors (Lipinski definition) is 3. The molecule has 4 rings (SSSR count). The van der Waals surface area contributed by atoms with Gasteiger partial charge in [-0.1, -0.05) is 30.2 Å². The Balaban J connectivity index is 1.41. The summed E-state index contributed by atoms with van der Waals surface area (Å²) in [6, 6.07) is 12.0. The van der Waals surface area contributed by atoms with Gasteiger partial charge >= 0.3 is 0 Å². The minimum absolute atomic E-state index is 0.287. The summed E-state index contributed by atoms with van der Waals surface area (Å²) in [4.78, 5) is 21.9. The monoisotopic (exact) mass is 369 g/mol. The standard InChI is InChI=1S/C21H24ClN3O/c22-19-4-1-3-18(15-19)21(7-2-8-21)20(26)25-13-11-24(12-14-25)16-17-5-9-23-10-6-17/h1,3-6,9-10,15H,2,7-8,11-14,16H2. The van der Waals surface area contributed by atoms with Crippen molar-refractivity contribution in [2.75, 3.05) is 26.2 Å². The highest BCUT2D eigenvalue weighted by atomic mass is 35.5. The summed E-state index contributed by atoms with van der Waals surface area (Å²) < 4.78 is 0. The van der Waals surface area contributed by atoms with Crippen LogP contribution in [0.5, 0.6) is 0 Å². The van der Waals surface area contributed by atoms with Crippen molar-refractivity contribution < 1.29 is 4.79 Å². The molecule has 1 aromatic carbocycles. The fraction of sp³-hybridized carbons (Fsp3) is 0.429. The summed E-state index contributed by atoms with van der Waals surface area (Å²) in [5.41, 5.74) is 2.01. The smallest absolute Gasteiger partial charge is 0.233 e. The predicted octanol–water partition coefficient (Wildman–Crippen LogP) is 3.50. The van der Waals surface area contributed by atoms with Gasteiger partial charge in [-0.3, -0.25) is 14.7 Å². The van der Waals surface area contributed by atoms with Crippen molar-refractivity contribution in [3.05, 3.63) is 64.9 Å². The SMILES string of the molecule is O=C(N1CCN(Cc2ccncc2)CC1)C1(c2cccc(Cl)c2)CCC1. The summed E-state index contributed by atoms with van der Waals surface area (Å²) in [5.74, 6) is 0.287. The zero-order valence-corrected chi connectivity index (χ0v) is 15.7. The van der Waals surface area contributed by atoms with E-state index in [1.807, 2.05) is 30.6 Å². The number of carbonyl (C=O) groups is 1. The molecule has 1 saturated heterocycles. The molecule has 1 amide bonds. The lowest BCUT2D eigenvalue weighted by Crippen LogP contribution is -2.56. The predicted molar refractivity (Wildman–Crippen MR) is 103 cm³/mol. The van der Waals surface area contributed by atoms with Gasteiger partial charge in [-0.25, -0.2) is 0 Å². The third-order valence-electron chi connectivity index (χ3n) is 5.81. The molecule has 136 valence electrons. The molecule has 1 aromatic heterocycles. The maximum Gasteiger partial charge on any atom is 0.233 e. The van der Waals surface area contributed by atoms with Gasteiger partial charge in [0.25, 0.3) is 0 Å². The average Bonchev–Trinajstić information content (AvgIpc) is 2.62. The van der Waals surface area contributed by atoms with Crippen molar-refractivity contribution in [2.45, 2.75) is 31.2 Å². The average molecular weight is 370 g/mol. The van der Waals surface area contributed by atoms with E-state index in [1.54, 1.807) is 0 Å². The Hall–Kier alpha value is -1.91. The van der Waals surface area contributed by atoms with Gasteiger partial charge in [0.05, 0.1) is 5.41 Å². The molecular weight excluding hydrogens is 346 g/mol. The molecule has 1 saturated carbocycles. The van der Waals surface area contributed by atoms with Crippen molar-refractivity contribution >= 4 is 17.5 Å². The van der Waals surface area contributed by atoms with E-state index in [0.717, 1.165) is 57.5 Å². The first-order chi connectivity index (χ1) is 12.7. The Morgan fingerprint density at radius 3 is 2.42 bits per heavy atom. The van der Waals surface area contributed by atoms with Crippen molar-refractivity contribution in [2.24, 2.45) is 0 Å². The van der Waals surface area contributed by atoms with Crippen LogP contribution in [0.3, 0.4) is 0 Å². The van der Waals surface area contributed by atoms with Gasteiger partial charge in [-0.2, -0.15) is 0 Å². The van der Waals surface area contributed by atoms with Crippen LogP contribution in [-0.2, 0) is 16.8 Å². The molecule has 4 nitrogen and oxygen atoms in total. The Morgan fingerprint density at radius 1 is 1.08 bits per heavy atom. The number of amides is 1. The topological polar surface area (TPSA) is 36.4 Å². The fourth-order valence-electron chi connectivity index (χ4n) is 4.10. The highest BCUT2D eigenvalue weighted by Gasteiger charge is 2.48. The number of nitrogens with zero attached hydrogens (tertiary/aromatic N) is 3. The first-order valence-electron chi connectivity index (χ1n) is 9.34. The zero-order valence-electron chi connectivity index (χ0n) is 14.9. The summed E-state index contributed by atoms with van der Waals surface area (Å²) in [7, 11) is 0. The van der Waals surface area contributed by atoms with Gasteiger partial charge in [0.15, 0.2) is 0 Å². The second kappa shape index (κ2) is 7.37. The van der Waals surface area contributed by atoms with Crippen LogP contribution in [0, 0.1) is 0 Å². The summed E-state index contributed by atoms with van der Waals surface area (Å²) in [5, 5.41) is 0.712. The molecule has 0 atom stereocenters. The van der Waals surface area contributed by atoms with Crippen LogP contribution < -0.4 is 0 Å². The van der Waals surface area contributed by atoms with Crippen molar-refractivity contribution in [1.29, 1.82) is 0 Å². The van der Waals surface area contributed by atoms with E-state index in [4.69, 9.17) is 11.6 Å². The van der Waals surface area contributed by atoms with Crippen molar-refractivity contribution in [3.63, 3.8) is 0 Å². The van der Waals surface area contributed by atoms with Gasteiger partial charge in [0, 0.05) is 50.1 Å². The number of halogens is 1. The Bertz CT molecular complexity index is 768. The van der Waals surface area contributed by atoms with Crippen LogP contribution in [0.25, 0.3) is 0 Å². The Kier molecular flexibility index (Phi) is 4.96. The van der Waals surface area contributed by atoms with E-state index in [1.165, 1.54) is 5.56 Å². The number of carbonyl (C=O) groups excluding carboxylic acids is 1. The molecule has 26 heavy (non-hydrogen) atoms. The van der Waals surface area contributed by atoms with E-state index in [-0.39, 0.29) is 11.3 Å². The highest BCUT2D eigenvalue weighted by molar-refractivity contribution is 6.30. The molecule has 2 aromatic rings. The number of rotatable bonds is 4. The van der Waals surface area contributed by atoms with E-state index in [9.17, 15) is 4.79 Å². The zero-order chi connectivity index (χ0) is 18.0. The molecule has 2 fully saturated rings. The van der Waals surface area contributed by atoms with Crippen LogP contribution >= 0.6 is 11.6 Å².